The largest absolute Gasteiger partial charge is 0.322 e. The van der Waals surface area contributed by atoms with Crippen molar-refractivity contribution in [1.82, 2.24) is 14.8 Å². The normalized spacial score (nSPS) is 19.6. The van der Waals surface area contributed by atoms with Crippen LogP contribution >= 0.6 is 0 Å². The van der Waals surface area contributed by atoms with Crippen LogP contribution in [0.2, 0.25) is 0 Å². The molecule has 1 N–H and O–H groups in total. The number of anilines is 1. The van der Waals surface area contributed by atoms with E-state index in [1.807, 2.05) is 0 Å². The molecule has 1 aromatic carbocycles. The Morgan fingerprint density at radius 3 is 2.67 bits per heavy atom. The number of pyridine rings is 1. The zero-order valence-electron chi connectivity index (χ0n) is 17.6. The first-order valence-electron chi connectivity index (χ1n) is 10.5. The second-order valence-corrected chi connectivity index (χ2v) is 10.8. The van der Waals surface area contributed by atoms with Crippen molar-refractivity contribution in [1.29, 1.82) is 0 Å². The number of nitro benzene ring substituents is 1. The zero-order valence-corrected chi connectivity index (χ0v) is 18.4. The Morgan fingerprint density at radius 1 is 1.27 bits per heavy atom. The van der Waals surface area contributed by atoms with Crippen LogP contribution in [0.25, 0.3) is 11.0 Å². The van der Waals surface area contributed by atoms with Gasteiger partial charge in [-0.2, -0.15) is 9.49 Å². The number of aryl methyl sites for hydroxylation is 1. The lowest BCUT2D eigenvalue weighted by Crippen LogP contribution is -2.15. The lowest BCUT2D eigenvalue weighted by Gasteiger charge is -2.12. The predicted octanol–water partition coefficient (Wildman–Crippen LogP) is 3.28. The van der Waals surface area contributed by atoms with Crippen LogP contribution in [0.1, 0.15) is 53.0 Å². The van der Waals surface area contributed by atoms with E-state index in [1.165, 1.54) is 6.07 Å². The van der Waals surface area contributed by atoms with Gasteiger partial charge in [-0.15, -0.1) is 0 Å². The van der Waals surface area contributed by atoms with Crippen LogP contribution in [0.4, 0.5) is 15.8 Å². The molecule has 5 rings (SSSR count). The van der Waals surface area contributed by atoms with Crippen LogP contribution in [0, 0.1) is 22.9 Å². The third kappa shape index (κ3) is 3.94. The molecular weight excluding hydrogens is 453 g/mol. The molecule has 3 aromatic rings. The summed E-state index contributed by atoms with van der Waals surface area (Å²) in [4.78, 5) is 28.2. The van der Waals surface area contributed by atoms with Gasteiger partial charge in [0.1, 0.15) is 0 Å². The van der Waals surface area contributed by atoms with E-state index in [0.717, 1.165) is 30.7 Å². The minimum absolute atomic E-state index is 0.0284. The molecule has 1 atom stereocenters. The molecule has 1 aliphatic carbocycles. The summed E-state index contributed by atoms with van der Waals surface area (Å²) in [5.74, 6) is -1.27. The van der Waals surface area contributed by atoms with E-state index in [4.69, 9.17) is 4.98 Å². The van der Waals surface area contributed by atoms with Gasteiger partial charge in [0.25, 0.3) is 5.91 Å². The molecule has 1 saturated heterocycles. The van der Waals surface area contributed by atoms with Crippen molar-refractivity contribution in [2.24, 2.45) is 0 Å². The first-order chi connectivity index (χ1) is 15.6. The average molecular weight is 473 g/mol. The summed E-state index contributed by atoms with van der Waals surface area (Å²) in [6.07, 6.45) is 2.30. The van der Waals surface area contributed by atoms with E-state index in [9.17, 15) is 27.7 Å². The summed E-state index contributed by atoms with van der Waals surface area (Å²) in [6.45, 7) is 1.72. The molecule has 2 aromatic heterocycles. The van der Waals surface area contributed by atoms with Crippen LogP contribution in [0.5, 0.6) is 0 Å². The molecule has 12 heteroatoms. The maximum Gasteiger partial charge on any atom is 0.306 e. The van der Waals surface area contributed by atoms with E-state index < -0.39 is 32.2 Å². The molecule has 1 amide bonds. The summed E-state index contributed by atoms with van der Waals surface area (Å²) >= 11 is 0. The fraction of sp³-hybridized carbons (Fsp3) is 0.381. The van der Waals surface area contributed by atoms with Crippen molar-refractivity contribution in [3.8, 4) is 0 Å². The molecule has 0 radical (unpaired) electrons. The number of aromatic nitrogens is 3. The smallest absolute Gasteiger partial charge is 0.306 e. The number of hydrogen-bond acceptors (Lipinski definition) is 7. The molecular formula is C21H20FN5O5S. The number of fused-ring (bicyclic) bond motifs is 1. The number of amides is 1. The number of carbonyl (C=O) groups excluding carboxylic acids is 1. The van der Waals surface area contributed by atoms with Gasteiger partial charge in [-0.1, -0.05) is 0 Å². The second-order valence-electron chi connectivity index (χ2n) is 8.53. The van der Waals surface area contributed by atoms with Gasteiger partial charge in [0, 0.05) is 23.4 Å². The third-order valence-corrected chi connectivity index (χ3v) is 7.80. The Kier molecular flexibility index (Phi) is 4.92. The fourth-order valence-electron chi connectivity index (χ4n) is 4.25. The Hall–Kier alpha value is -3.41. The minimum atomic E-state index is -3.15. The highest BCUT2D eigenvalue weighted by Crippen LogP contribution is 2.41. The Balaban J connectivity index is 1.58. The summed E-state index contributed by atoms with van der Waals surface area (Å²) in [6, 6.07) is 4.48. The molecule has 0 unspecified atom stereocenters. The monoisotopic (exact) mass is 473 g/mol. The maximum absolute atomic E-state index is 13.7. The number of hydrogen-bond donors (Lipinski definition) is 1. The van der Waals surface area contributed by atoms with Gasteiger partial charge < -0.3 is 5.32 Å². The Morgan fingerprint density at radius 2 is 2.03 bits per heavy atom. The second kappa shape index (κ2) is 7.58. The van der Waals surface area contributed by atoms with Gasteiger partial charge in [-0.25, -0.2) is 18.1 Å². The van der Waals surface area contributed by atoms with E-state index >= 15 is 0 Å². The van der Waals surface area contributed by atoms with Gasteiger partial charge in [0.15, 0.2) is 15.5 Å². The van der Waals surface area contributed by atoms with Gasteiger partial charge in [0.05, 0.1) is 39.1 Å². The maximum atomic E-state index is 13.7. The zero-order chi connectivity index (χ0) is 23.5. The molecule has 172 valence electrons. The molecule has 0 bridgehead atoms. The molecule has 1 saturated carbocycles. The van der Waals surface area contributed by atoms with E-state index in [-0.39, 0.29) is 29.2 Å². The topological polar surface area (TPSA) is 137 Å². The first kappa shape index (κ1) is 21.4. The Bertz CT molecular complexity index is 1430. The van der Waals surface area contributed by atoms with Crippen molar-refractivity contribution in [3.05, 3.63) is 57.1 Å². The lowest BCUT2D eigenvalue weighted by molar-refractivity contribution is -0.387. The summed E-state index contributed by atoms with van der Waals surface area (Å²) in [5.41, 5.74) is 1.34. The highest BCUT2D eigenvalue weighted by molar-refractivity contribution is 7.91. The standard InChI is InChI=1S/C21H20FN5O5S/c1-11-19-15(21(28)23-13-4-5-16(22)18(8-13)27(29)30)9-17(12-2-3-12)24-20(19)26(25-11)14-6-7-33(31,32)10-14/h4-5,8-9,12,14H,2-3,6-7,10H2,1H3,(H,23,28)/t14-/m1/s1. The number of rotatable bonds is 5. The molecule has 2 fully saturated rings. The number of nitro groups is 1. The molecule has 10 nitrogen and oxygen atoms in total. The number of carbonyl (C=O) groups is 1. The van der Waals surface area contributed by atoms with Crippen LogP contribution in [-0.4, -0.2) is 45.5 Å². The molecule has 2 aliphatic rings. The lowest BCUT2D eigenvalue weighted by atomic mass is 10.1. The van der Waals surface area contributed by atoms with Gasteiger partial charge in [0.2, 0.25) is 5.82 Å². The fourth-order valence-corrected chi connectivity index (χ4v) is 5.94. The quantitative estimate of drug-likeness (QED) is 0.443. The molecule has 3 heterocycles. The highest BCUT2D eigenvalue weighted by Gasteiger charge is 2.34. The number of benzene rings is 1. The SMILES string of the molecule is Cc1nn([C@@H]2CCS(=O)(=O)C2)c2nc(C3CC3)cc(C(=O)Nc3ccc(F)c([N+](=O)[O-])c3)c12. The van der Waals surface area contributed by atoms with E-state index in [0.29, 0.717) is 28.7 Å². The third-order valence-electron chi connectivity index (χ3n) is 6.05. The number of halogens is 1. The highest BCUT2D eigenvalue weighted by atomic mass is 32.2. The van der Waals surface area contributed by atoms with Gasteiger partial charge >= 0.3 is 5.69 Å². The van der Waals surface area contributed by atoms with Crippen molar-refractivity contribution in [2.75, 3.05) is 16.8 Å². The average Bonchev–Trinajstić information content (AvgIpc) is 3.47. The number of sulfone groups is 1. The van der Waals surface area contributed by atoms with Crippen LogP contribution < -0.4 is 5.32 Å². The van der Waals surface area contributed by atoms with E-state index in [1.54, 1.807) is 17.7 Å². The summed E-state index contributed by atoms with van der Waals surface area (Å²) in [5, 5.41) is 18.7. The van der Waals surface area contributed by atoms with Gasteiger partial charge in [-0.3, -0.25) is 14.9 Å². The molecule has 33 heavy (non-hydrogen) atoms. The predicted molar refractivity (Wildman–Crippen MR) is 118 cm³/mol. The summed E-state index contributed by atoms with van der Waals surface area (Å²) in [7, 11) is -3.15. The van der Waals surface area contributed by atoms with Crippen LogP contribution in [-0.2, 0) is 9.84 Å². The number of nitrogens with one attached hydrogen (secondary N) is 1. The van der Waals surface area contributed by atoms with Gasteiger partial charge in [-0.05, 0) is 44.4 Å². The molecule has 1 aliphatic heterocycles. The van der Waals surface area contributed by atoms with E-state index in [2.05, 4.69) is 10.4 Å². The van der Waals surface area contributed by atoms with Crippen molar-refractivity contribution >= 4 is 38.2 Å². The summed E-state index contributed by atoms with van der Waals surface area (Å²) < 4.78 is 39.3. The van der Waals surface area contributed by atoms with Crippen molar-refractivity contribution < 1.29 is 22.5 Å². The Labute approximate surface area is 187 Å². The molecule has 0 spiro atoms. The van der Waals surface area contributed by atoms with Crippen molar-refractivity contribution in [2.45, 2.75) is 38.1 Å². The minimum Gasteiger partial charge on any atom is -0.322 e. The van der Waals surface area contributed by atoms with Crippen molar-refractivity contribution in [3.63, 3.8) is 0 Å². The number of nitrogens with zero attached hydrogens (tertiary/aromatic N) is 4. The van der Waals surface area contributed by atoms with Crippen LogP contribution in [0.15, 0.2) is 24.3 Å². The first-order valence-corrected chi connectivity index (χ1v) is 12.3. The van der Waals surface area contributed by atoms with Crippen LogP contribution in [0.3, 0.4) is 0 Å².